The average molecular weight is 223 g/mol. The molecule has 1 heterocycles. The van der Waals surface area contributed by atoms with Gasteiger partial charge >= 0.3 is 0 Å². The van der Waals surface area contributed by atoms with Gasteiger partial charge in [0.1, 0.15) is 0 Å². The van der Waals surface area contributed by atoms with Crippen LogP contribution >= 0.6 is 0 Å². The van der Waals surface area contributed by atoms with E-state index in [0.29, 0.717) is 11.5 Å². The summed E-state index contributed by atoms with van der Waals surface area (Å²) in [6.07, 6.45) is 5.35. The van der Waals surface area contributed by atoms with Gasteiger partial charge in [-0.2, -0.15) is 5.10 Å². The van der Waals surface area contributed by atoms with Crippen molar-refractivity contribution in [3.8, 4) is 0 Å². The molecule has 0 saturated carbocycles. The Morgan fingerprint density at radius 3 is 2.56 bits per heavy atom. The number of nitrogens with zero attached hydrogens (tertiary/aromatic N) is 2. The van der Waals surface area contributed by atoms with Gasteiger partial charge in [0, 0.05) is 25.0 Å². The van der Waals surface area contributed by atoms with Crippen LogP contribution in [0.3, 0.4) is 0 Å². The molecule has 0 bridgehead atoms. The molecular weight excluding hydrogens is 198 g/mol. The third kappa shape index (κ3) is 4.35. The van der Waals surface area contributed by atoms with Crippen molar-refractivity contribution in [2.24, 2.45) is 12.5 Å². The molecule has 0 amide bonds. The van der Waals surface area contributed by atoms with Gasteiger partial charge in [-0.05, 0) is 37.8 Å². The molecule has 0 spiro atoms. The summed E-state index contributed by atoms with van der Waals surface area (Å²) in [6.45, 7) is 6.88. The summed E-state index contributed by atoms with van der Waals surface area (Å²) in [5, 5.41) is 7.60. The molecule has 3 heteroatoms. The molecular formula is C13H25N3. The third-order valence-corrected chi connectivity index (χ3v) is 2.94. The molecule has 0 aliphatic heterocycles. The Morgan fingerprint density at radius 2 is 2.12 bits per heavy atom. The topological polar surface area (TPSA) is 29.9 Å². The van der Waals surface area contributed by atoms with E-state index in [0.717, 1.165) is 6.42 Å². The first-order chi connectivity index (χ1) is 7.42. The van der Waals surface area contributed by atoms with E-state index in [9.17, 15) is 0 Å². The zero-order valence-electron chi connectivity index (χ0n) is 11.2. The molecule has 1 rings (SSSR count). The highest BCUT2D eigenvalue weighted by atomic mass is 15.2. The third-order valence-electron chi connectivity index (χ3n) is 2.94. The lowest BCUT2D eigenvalue weighted by Crippen LogP contribution is -2.30. The Morgan fingerprint density at radius 1 is 1.44 bits per heavy atom. The van der Waals surface area contributed by atoms with Crippen molar-refractivity contribution in [3.05, 3.63) is 18.0 Å². The molecule has 1 atom stereocenters. The van der Waals surface area contributed by atoms with Gasteiger partial charge < -0.3 is 5.32 Å². The summed E-state index contributed by atoms with van der Waals surface area (Å²) in [6, 6.07) is 2.69. The Hall–Kier alpha value is -0.830. The fourth-order valence-corrected chi connectivity index (χ4v) is 2.06. The smallest absolute Gasteiger partial charge is 0.0492 e. The van der Waals surface area contributed by atoms with Gasteiger partial charge in [0.05, 0.1) is 0 Å². The average Bonchev–Trinajstić information content (AvgIpc) is 2.57. The second kappa shape index (κ2) is 5.48. The van der Waals surface area contributed by atoms with Crippen molar-refractivity contribution in [2.45, 2.75) is 46.1 Å². The number of aryl methyl sites for hydroxylation is 2. The molecule has 3 nitrogen and oxygen atoms in total. The van der Waals surface area contributed by atoms with Crippen LogP contribution in [0.1, 0.15) is 39.3 Å². The molecule has 92 valence electrons. The van der Waals surface area contributed by atoms with Crippen molar-refractivity contribution in [1.29, 1.82) is 0 Å². The van der Waals surface area contributed by atoms with Crippen LogP contribution in [0.4, 0.5) is 0 Å². The predicted molar refractivity (Wildman–Crippen MR) is 68.4 cm³/mol. The van der Waals surface area contributed by atoms with Gasteiger partial charge in [0.15, 0.2) is 0 Å². The van der Waals surface area contributed by atoms with Gasteiger partial charge in [-0.3, -0.25) is 4.68 Å². The van der Waals surface area contributed by atoms with Crippen molar-refractivity contribution >= 4 is 0 Å². The van der Waals surface area contributed by atoms with Gasteiger partial charge in [0.25, 0.3) is 0 Å². The summed E-state index contributed by atoms with van der Waals surface area (Å²) in [5.74, 6) is 0. The van der Waals surface area contributed by atoms with Crippen molar-refractivity contribution in [1.82, 2.24) is 15.1 Å². The molecule has 1 aromatic rings. The Balaban J connectivity index is 2.43. The second-order valence-electron chi connectivity index (χ2n) is 5.74. The lowest BCUT2D eigenvalue weighted by molar-refractivity contribution is 0.307. The van der Waals surface area contributed by atoms with E-state index in [1.54, 1.807) is 0 Å². The molecule has 0 aliphatic carbocycles. The van der Waals surface area contributed by atoms with Crippen LogP contribution < -0.4 is 5.32 Å². The van der Waals surface area contributed by atoms with Crippen LogP contribution in [-0.4, -0.2) is 22.9 Å². The van der Waals surface area contributed by atoms with Crippen LogP contribution in [-0.2, 0) is 13.5 Å². The number of hydrogen-bond acceptors (Lipinski definition) is 2. The van der Waals surface area contributed by atoms with Crippen molar-refractivity contribution < 1.29 is 0 Å². The standard InChI is InChI=1S/C13H25N3/c1-13(2,3)10-11(14-4)6-7-12-8-9-15-16(12)5/h8-9,11,14H,6-7,10H2,1-5H3. The summed E-state index contributed by atoms with van der Waals surface area (Å²) in [5.41, 5.74) is 1.70. The molecule has 0 aliphatic rings. The van der Waals surface area contributed by atoms with Crippen LogP contribution in [0.15, 0.2) is 12.3 Å². The fraction of sp³-hybridized carbons (Fsp3) is 0.769. The summed E-state index contributed by atoms with van der Waals surface area (Å²) in [7, 11) is 4.06. The molecule has 0 saturated heterocycles. The molecule has 16 heavy (non-hydrogen) atoms. The van der Waals surface area contributed by atoms with E-state index in [4.69, 9.17) is 0 Å². The molecule has 1 unspecified atom stereocenters. The zero-order valence-corrected chi connectivity index (χ0v) is 11.2. The van der Waals surface area contributed by atoms with E-state index >= 15 is 0 Å². The highest BCUT2D eigenvalue weighted by Crippen LogP contribution is 2.22. The summed E-state index contributed by atoms with van der Waals surface area (Å²) < 4.78 is 1.96. The molecule has 1 aromatic heterocycles. The number of aromatic nitrogens is 2. The Labute approximate surface area is 99.2 Å². The highest BCUT2D eigenvalue weighted by molar-refractivity contribution is 5.00. The fourth-order valence-electron chi connectivity index (χ4n) is 2.06. The summed E-state index contributed by atoms with van der Waals surface area (Å²) in [4.78, 5) is 0. The van der Waals surface area contributed by atoms with Crippen LogP contribution in [0.2, 0.25) is 0 Å². The molecule has 1 N–H and O–H groups in total. The normalized spacial score (nSPS) is 14.1. The quantitative estimate of drug-likeness (QED) is 0.830. The summed E-state index contributed by atoms with van der Waals surface area (Å²) >= 11 is 0. The minimum atomic E-state index is 0.389. The second-order valence-corrected chi connectivity index (χ2v) is 5.74. The largest absolute Gasteiger partial charge is 0.317 e. The van der Waals surface area contributed by atoms with E-state index in [1.165, 1.54) is 18.5 Å². The first-order valence-corrected chi connectivity index (χ1v) is 6.06. The molecule has 0 radical (unpaired) electrons. The van der Waals surface area contributed by atoms with Gasteiger partial charge in [-0.1, -0.05) is 20.8 Å². The van der Waals surface area contributed by atoms with E-state index < -0.39 is 0 Å². The van der Waals surface area contributed by atoms with E-state index in [2.05, 4.69) is 44.3 Å². The van der Waals surface area contributed by atoms with E-state index in [-0.39, 0.29) is 0 Å². The van der Waals surface area contributed by atoms with Gasteiger partial charge in [-0.25, -0.2) is 0 Å². The maximum Gasteiger partial charge on any atom is 0.0492 e. The zero-order chi connectivity index (χ0) is 12.2. The highest BCUT2D eigenvalue weighted by Gasteiger charge is 2.17. The first-order valence-electron chi connectivity index (χ1n) is 6.06. The van der Waals surface area contributed by atoms with Crippen LogP contribution in [0.5, 0.6) is 0 Å². The van der Waals surface area contributed by atoms with Crippen molar-refractivity contribution in [2.75, 3.05) is 7.05 Å². The number of rotatable bonds is 5. The minimum Gasteiger partial charge on any atom is -0.317 e. The maximum absolute atomic E-state index is 4.19. The Kier molecular flexibility index (Phi) is 4.54. The molecule has 0 fully saturated rings. The Bertz CT molecular complexity index is 309. The van der Waals surface area contributed by atoms with Crippen molar-refractivity contribution in [3.63, 3.8) is 0 Å². The van der Waals surface area contributed by atoms with Crippen LogP contribution in [0, 0.1) is 5.41 Å². The van der Waals surface area contributed by atoms with E-state index in [1.807, 2.05) is 17.9 Å². The van der Waals surface area contributed by atoms with Gasteiger partial charge in [0.2, 0.25) is 0 Å². The minimum absolute atomic E-state index is 0.389. The SMILES string of the molecule is CNC(CCc1ccnn1C)CC(C)(C)C. The molecule has 0 aromatic carbocycles. The maximum atomic E-state index is 4.19. The monoisotopic (exact) mass is 223 g/mol. The van der Waals surface area contributed by atoms with Crippen LogP contribution in [0.25, 0.3) is 0 Å². The lowest BCUT2D eigenvalue weighted by Gasteiger charge is -2.25. The number of hydrogen-bond donors (Lipinski definition) is 1. The lowest BCUT2D eigenvalue weighted by atomic mass is 9.86. The first kappa shape index (κ1) is 13.2. The predicted octanol–water partition coefficient (Wildman–Crippen LogP) is 2.38. The van der Waals surface area contributed by atoms with Gasteiger partial charge in [-0.15, -0.1) is 0 Å². The number of nitrogens with one attached hydrogen (secondary N) is 1.